The van der Waals surface area contributed by atoms with Crippen LogP contribution in [0.15, 0.2) is 66.9 Å². The van der Waals surface area contributed by atoms with E-state index < -0.39 is 5.91 Å². The highest BCUT2D eigenvalue weighted by atomic mass is 35.5. The lowest BCUT2D eigenvalue weighted by molar-refractivity contribution is -0.118. The van der Waals surface area contributed by atoms with E-state index in [1.54, 1.807) is 54.6 Å². The van der Waals surface area contributed by atoms with Crippen molar-refractivity contribution in [2.75, 3.05) is 11.9 Å². The third-order valence-electron chi connectivity index (χ3n) is 3.54. The van der Waals surface area contributed by atoms with Crippen molar-refractivity contribution in [3.05, 3.63) is 77.4 Å². The lowest BCUT2D eigenvalue weighted by atomic mass is 10.2. The summed E-state index contributed by atoms with van der Waals surface area (Å²) in [5.41, 5.74) is 6.07. The van der Waals surface area contributed by atoms with Crippen LogP contribution in [0.25, 0.3) is 0 Å². The van der Waals surface area contributed by atoms with Crippen LogP contribution in [-0.4, -0.2) is 23.4 Å². The minimum atomic E-state index is -0.544. The van der Waals surface area contributed by atoms with E-state index >= 15 is 0 Å². The highest BCUT2D eigenvalue weighted by Crippen LogP contribution is 2.21. The molecule has 142 valence electrons. The number of anilines is 1. The fourth-order valence-electron chi connectivity index (χ4n) is 2.22. The molecular weight excluding hydrogens is 382 g/mol. The molecule has 3 N–H and O–H groups in total. The lowest BCUT2D eigenvalue weighted by Crippen LogP contribution is -2.20. The Kier molecular flexibility index (Phi) is 6.08. The van der Waals surface area contributed by atoms with E-state index in [1.165, 1.54) is 12.3 Å². The molecule has 0 spiro atoms. The van der Waals surface area contributed by atoms with Gasteiger partial charge in [0.05, 0.1) is 11.9 Å². The summed E-state index contributed by atoms with van der Waals surface area (Å²) in [5.74, 6) is 0.394. The fourth-order valence-corrected chi connectivity index (χ4v) is 2.35. The van der Waals surface area contributed by atoms with E-state index in [-0.39, 0.29) is 12.5 Å². The average molecular weight is 398 g/mol. The van der Waals surface area contributed by atoms with E-state index in [0.29, 0.717) is 33.7 Å². The second-order valence-electron chi connectivity index (χ2n) is 5.67. The van der Waals surface area contributed by atoms with Crippen molar-refractivity contribution >= 4 is 29.1 Å². The van der Waals surface area contributed by atoms with Gasteiger partial charge in [-0.2, -0.15) is 0 Å². The number of ether oxygens (including phenoxy) is 2. The van der Waals surface area contributed by atoms with Crippen LogP contribution in [0.4, 0.5) is 5.69 Å². The SMILES string of the molecule is NC(=O)c1cccc(Oc2ccc(NC(=O)COc3ccc(Cl)cc3)cn2)c1. The summed E-state index contributed by atoms with van der Waals surface area (Å²) in [7, 11) is 0. The quantitative estimate of drug-likeness (QED) is 0.633. The standard InChI is InChI=1S/C20H16ClN3O4/c21-14-4-7-16(8-5-14)27-12-18(25)24-15-6-9-19(23-11-15)28-17-3-1-2-13(10-17)20(22)26/h1-11H,12H2,(H2,22,26)(H,24,25). The van der Waals surface area contributed by atoms with Crippen molar-refractivity contribution in [3.63, 3.8) is 0 Å². The Morgan fingerprint density at radius 1 is 1.04 bits per heavy atom. The number of carbonyl (C=O) groups excluding carboxylic acids is 2. The number of aromatic nitrogens is 1. The van der Waals surface area contributed by atoms with E-state index in [1.807, 2.05) is 0 Å². The predicted molar refractivity (Wildman–Crippen MR) is 105 cm³/mol. The third-order valence-corrected chi connectivity index (χ3v) is 3.80. The Balaban J connectivity index is 1.53. The molecule has 0 saturated carbocycles. The van der Waals surface area contributed by atoms with Crippen LogP contribution < -0.4 is 20.5 Å². The van der Waals surface area contributed by atoms with Gasteiger partial charge in [0.1, 0.15) is 11.5 Å². The van der Waals surface area contributed by atoms with Crippen molar-refractivity contribution in [2.24, 2.45) is 5.73 Å². The van der Waals surface area contributed by atoms with Gasteiger partial charge in [0.2, 0.25) is 11.8 Å². The van der Waals surface area contributed by atoms with Crippen LogP contribution in [-0.2, 0) is 4.79 Å². The maximum absolute atomic E-state index is 12.0. The highest BCUT2D eigenvalue weighted by molar-refractivity contribution is 6.30. The molecule has 28 heavy (non-hydrogen) atoms. The second kappa shape index (κ2) is 8.88. The molecule has 0 saturated heterocycles. The number of amides is 2. The van der Waals surface area contributed by atoms with Crippen molar-refractivity contribution in [3.8, 4) is 17.4 Å². The van der Waals surface area contributed by atoms with Crippen molar-refractivity contribution < 1.29 is 19.1 Å². The molecule has 1 heterocycles. The largest absolute Gasteiger partial charge is 0.484 e. The summed E-state index contributed by atoms with van der Waals surface area (Å²) in [6, 6.07) is 16.4. The summed E-state index contributed by atoms with van der Waals surface area (Å²) >= 11 is 5.79. The van der Waals surface area contributed by atoms with E-state index in [2.05, 4.69) is 10.3 Å². The summed E-state index contributed by atoms with van der Waals surface area (Å²) in [5, 5.41) is 3.26. The highest BCUT2D eigenvalue weighted by Gasteiger charge is 2.07. The number of nitrogens with one attached hydrogen (secondary N) is 1. The summed E-state index contributed by atoms with van der Waals surface area (Å²) < 4.78 is 11.0. The van der Waals surface area contributed by atoms with E-state index in [9.17, 15) is 9.59 Å². The smallest absolute Gasteiger partial charge is 0.262 e. The number of nitrogens with two attached hydrogens (primary N) is 1. The third kappa shape index (κ3) is 5.46. The number of rotatable bonds is 7. The maximum Gasteiger partial charge on any atom is 0.262 e. The number of carbonyl (C=O) groups is 2. The molecule has 0 unspecified atom stereocenters. The Morgan fingerprint density at radius 2 is 1.82 bits per heavy atom. The van der Waals surface area contributed by atoms with E-state index in [0.717, 1.165) is 0 Å². The van der Waals surface area contributed by atoms with E-state index in [4.69, 9.17) is 26.8 Å². The lowest BCUT2D eigenvalue weighted by Gasteiger charge is -2.09. The van der Waals surface area contributed by atoms with Gasteiger partial charge in [-0.15, -0.1) is 0 Å². The summed E-state index contributed by atoms with van der Waals surface area (Å²) in [6.45, 7) is -0.153. The number of pyridine rings is 1. The van der Waals surface area contributed by atoms with Crippen LogP contribution in [0, 0.1) is 0 Å². The minimum absolute atomic E-state index is 0.153. The van der Waals surface area contributed by atoms with Crippen LogP contribution in [0.2, 0.25) is 5.02 Å². The van der Waals surface area contributed by atoms with Crippen LogP contribution in [0.5, 0.6) is 17.4 Å². The normalized spacial score (nSPS) is 10.2. The predicted octanol–water partition coefficient (Wildman–Crippen LogP) is 3.64. The van der Waals surface area contributed by atoms with Crippen LogP contribution in [0.1, 0.15) is 10.4 Å². The number of hydrogen-bond donors (Lipinski definition) is 2. The van der Waals surface area contributed by atoms with Gasteiger partial charge in [0, 0.05) is 16.7 Å². The molecule has 0 radical (unpaired) electrons. The Morgan fingerprint density at radius 3 is 2.50 bits per heavy atom. The average Bonchev–Trinajstić information content (AvgIpc) is 2.69. The summed E-state index contributed by atoms with van der Waals surface area (Å²) in [6.07, 6.45) is 1.45. The monoisotopic (exact) mass is 397 g/mol. The first-order chi connectivity index (χ1) is 13.5. The molecule has 7 nitrogen and oxygen atoms in total. The first-order valence-electron chi connectivity index (χ1n) is 8.21. The number of nitrogens with zero attached hydrogens (tertiary/aromatic N) is 1. The minimum Gasteiger partial charge on any atom is -0.484 e. The molecule has 3 aromatic rings. The second-order valence-corrected chi connectivity index (χ2v) is 6.11. The molecule has 0 atom stereocenters. The molecule has 0 aliphatic rings. The van der Waals surface area contributed by atoms with Gasteiger partial charge in [-0.3, -0.25) is 9.59 Å². The molecule has 2 aromatic carbocycles. The van der Waals surface area contributed by atoms with Gasteiger partial charge in [-0.05, 0) is 48.5 Å². The van der Waals surface area contributed by atoms with Crippen molar-refractivity contribution in [1.82, 2.24) is 4.98 Å². The molecular formula is C20H16ClN3O4. The van der Waals surface area contributed by atoms with Gasteiger partial charge >= 0.3 is 0 Å². The number of halogens is 1. The molecule has 3 rings (SSSR count). The van der Waals surface area contributed by atoms with Crippen molar-refractivity contribution in [1.29, 1.82) is 0 Å². The van der Waals surface area contributed by atoms with Gasteiger partial charge in [-0.25, -0.2) is 4.98 Å². The maximum atomic E-state index is 12.0. The molecule has 0 aliphatic carbocycles. The Hall–Kier alpha value is -3.58. The van der Waals surface area contributed by atoms with Crippen LogP contribution >= 0.6 is 11.6 Å². The molecule has 1 aromatic heterocycles. The molecule has 0 aliphatic heterocycles. The number of hydrogen-bond acceptors (Lipinski definition) is 5. The summed E-state index contributed by atoms with van der Waals surface area (Å²) in [4.78, 5) is 27.3. The van der Waals surface area contributed by atoms with Gasteiger partial charge in [-0.1, -0.05) is 17.7 Å². The number of primary amides is 1. The van der Waals surface area contributed by atoms with Gasteiger partial charge < -0.3 is 20.5 Å². The van der Waals surface area contributed by atoms with Gasteiger partial charge in [0.15, 0.2) is 6.61 Å². The molecule has 8 heteroatoms. The molecule has 0 fully saturated rings. The Labute approximate surface area is 166 Å². The zero-order valence-electron chi connectivity index (χ0n) is 14.6. The van der Waals surface area contributed by atoms with Crippen LogP contribution in [0.3, 0.4) is 0 Å². The first kappa shape index (κ1) is 19.2. The van der Waals surface area contributed by atoms with Gasteiger partial charge in [0.25, 0.3) is 5.91 Å². The zero-order valence-corrected chi connectivity index (χ0v) is 15.3. The fraction of sp³-hybridized carbons (Fsp3) is 0.0500. The molecule has 2 amide bonds. The van der Waals surface area contributed by atoms with Crippen molar-refractivity contribution in [2.45, 2.75) is 0 Å². The zero-order chi connectivity index (χ0) is 19.9. The molecule has 0 bridgehead atoms. The number of benzene rings is 2. The topological polar surface area (TPSA) is 104 Å². The Bertz CT molecular complexity index is 976. The first-order valence-corrected chi connectivity index (χ1v) is 8.59.